The molecule has 4 rings (SSSR count). The van der Waals surface area contributed by atoms with Crippen molar-refractivity contribution in [3.8, 4) is 17.5 Å². The molecular formula is C21H20F3N5. The van der Waals surface area contributed by atoms with E-state index in [2.05, 4.69) is 25.9 Å². The summed E-state index contributed by atoms with van der Waals surface area (Å²) in [6.07, 6.45) is 3.93. The van der Waals surface area contributed by atoms with Crippen LogP contribution in [0, 0.1) is 11.3 Å². The topological polar surface area (TPSA) is 66.5 Å². The Bertz CT molecular complexity index is 1060. The maximum atomic E-state index is 12.7. The number of nitrogens with zero attached hydrogens (tertiary/aromatic N) is 4. The van der Waals surface area contributed by atoms with Crippen LogP contribution in [0.4, 0.5) is 13.2 Å². The van der Waals surface area contributed by atoms with E-state index >= 15 is 0 Å². The van der Waals surface area contributed by atoms with Gasteiger partial charge >= 0.3 is 6.18 Å². The number of nitrogens with one attached hydrogen (secondary N) is 1. The zero-order chi connectivity index (χ0) is 20.6. The Morgan fingerprint density at radius 3 is 2.66 bits per heavy atom. The average molecular weight is 399 g/mol. The van der Waals surface area contributed by atoms with E-state index < -0.39 is 12.2 Å². The molecule has 1 aliphatic rings. The maximum Gasteiger partial charge on any atom is 0.403 e. The third-order valence-electron chi connectivity index (χ3n) is 5.53. The Balaban J connectivity index is 1.69. The highest BCUT2D eigenvalue weighted by Crippen LogP contribution is 2.41. The van der Waals surface area contributed by atoms with Gasteiger partial charge in [-0.25, -0.2) is 0 Å². The molecule has 0 radical (unpaired) electrons. The number of hydrogen-bond acceptors (Lipinski definition) is 4. The summed E-state index contributed by atoms with van der Waals surface area (Å²) < 4.78 is 40.1. The SMILES string of the molecule is CC(NCc1ccc(-c2c(C#N)c3ccncc3n2C2CCC2)nc1)C(F)(F)F. The molecule has 0 spiro atoms. The highest BCUT2D eigenvalue weighted by molar-refractivity contribution is 5.93. The number of nitriles is 1. The Hall–Kier alpha value is -2.92. The second kappa shape index (κ2) is 7.48. The molecule has 1 fully saturated rings. The average Bonchev–Trinajstić information content (AvgIpc) is 2.98. The van der Waals surface area contributed by atoms with Crippen LogP contribution in [0.15, 0.2) is 36.8 Å². The number of pyridine rings is 2. The van der Waals surface area contributed by atoms with E-state index in [4.69, 9.17) is 0 Å². The summed E-state index contributed by atoms with van der Waals surface area (Å²) in [6, 6.07) is 6.37. The van der Waals surface area contributed by atoms with Gasteiger partial charge in [-0.05, 0) is 43.9 Å². The molecule has 1 saturated carbocycles. The van der Waals surface area contributed by atoms with Gasteiger partial charge in [0.1, 0.15) is 12.1 Å². The van der Waals surface area contributed by atoms with Gasteiger partial charge in [0.05, 0.1) is 28.7 Å². The summed E-state index contributed by atoms with van der Waals surface area (Å²) in [7, 11) is 0. The smallest absolute Gasteiger partial charge is 0.334 e. The highest BCUT2D eigenvalue weighted by atomic mass is 19.4. The van der Waals surface area contributed by atoms with Crippen LogP contribution >= 0.6 is 0 Å². The predicted molar refractivity (Wildman–Crippen MR) is 103 cm³/mol. The van der Waals surface area contributed by atoms with Crippen molar-refractivity contribution in [2.24, 2.45) is 0 Å². The van der Waals surface area contributed by atoms with E-state index in [1.54, 1.807) is 30.7 Å². The molecule has 0 bridgehead atoms. The van der Waals surface area contributed by atoms with Crippen LogP contribution in [0.5, 0.6) is 0 Å². The first-order valence-corrected chi connectivity index (χ1v) is 9.53. The summed E-state index contributed by atoms with van der Waals surface area (Å²) in [5, 5.41) is 13.1. The number of rotatable bonds is 5. The van der Waals surface area contributed by atoms with Crippen molar-refractivity contribution in [1.82, 2.24) is 19.9 Å². The number of aromatic nitrogens is 3. The molecule has 1 unspecified atom stereocenters. The summed E-state index contributed by atoms with van der Waals surface area (Å²) in [4.78, 5) is 8.70. The van der Waals surface area contributed by atoms with Crippen LogP contribution in [-0.2, 0) is 6.54 Å². The lowest BCUT2D eigenvalue weighted by Crippen LogP contribution is -2.39. The first-order chi connectivity index (χ1) is 13.9. The summed E-state index contributed by atoms with van der Waals surface area (Å²) >= 11 is 0. The van der Waals surface area contributed by atoms with Gasteiger partial charge in [0.25, 0.3) is 0 Å². The van der Waals surface area contributed by atoms with Gasteiger partial charge in [-0.15, -0.1) is 0 Å². The van der Waals surface area contributed by atoms with E-state index in [1.165, 1.54) is 0 Å². The summed E-state index contributed by atoms with van der Waals surface area (Å²) in [5.74, 6) is 0. The van der Waals surface area contributed by atoms with Gasteiger partial charge in [0.15, 0.2) is 0 Å². The van der Waals surface area contributed by atoms with Crippen LogP contribution in [-0.4, -0.2) is 26.8 Å². The normalized spacial score (nSPS) is 15.8. The monoisotopic (exact) mass is 399 g/mol. The minimum Gasteiger partial charge on any atom is -0.334 e. The van der Waals surface area contributed by atoms with Crippen molar-refractivity contribution in [3.05, 3.63) is 47.9 Å². The molecule has 5 nitrogen and oxygen atoms in total. The minimum absolute atomic E-state index is 0.0641. The quantitative estimate of drug-likeness (QED) is 0.673. The van der Waals surface area contributed by atoms with Crippen LogP contribution < -0.4 is 5.32 Å². The van der Waals surface area contributed by atoms with Crippen molar-refractivity contribution in [3.63, 3.8) is 0 Å². The van der Waals surface area contributed by atoms with Gasteiger partial charge in [-0.1, -0.05) is 6.07 Å². The molecule has 0 saturated heterocycles. The third-order valence-corrected chi connectivity index (χ3v) is 5.53. The molecule has 3 aromatic rings. The number of hydrogen-bond donors (Lipinski definition) is 1. The molecule has 1 aliphatic carbocycles. The van der Waals surface area contributed by atoms with Crippen molar-refractivity contribution in [1.29, 1.82) is 5.26 Å². The van der Waals surface area contributed by atoms with Gasteiger partial charge in [-0.2, -0.15) is 18.4 Å². The molecule has 0 aromatic carbocycles. The molecule has 150 valence electrons. The lowest BCUT2D eigenvalue weighted by Gasteiger charge is -2.29. The van der Waals surface area contributed by atoms with E-state index in [0.29, 0.717) is 22.9 Å². The zero-order valence-corrected chi connectivity index (χ0v) is 15.9. The summed E-state index contributed by atoms with van der Waals surface area (Å²) in [5.41, 5.74) is 3.51. The second-order valence-corrected chi connectivity index (χ2v) is 7.38. The van der Waals surface area contributed by atoms with Crippen LogP contribution in [0.25, 0.3) is 22.3 Å². The van der Waals surface area contributed by atoms with Crippen LogP contribution in [0.3, 0.4) is 0 Å². The van der Waals surface area contributed by atoms with Crippen LogP contribution in [0.2, 0.25) is 0 Å². The van der Waals surface area contributed by atoms with Crippen molar-refractivity contribution in [2.75, 3.05) is 0 Å². The molecule has 0 aliphatic heterocycles. The molecule has 0 amide bonds. The van der Waals surface area contributed by atoms with Crippen molar-refractivity contribution >= 4 is 10.9 Å². The third kappa shape index (κ3) is 3.58. The zero-order valence-electron chi connectivity index (χ0n) is 15.9. The van der Waals surface area contributed by atoms with E-state index in [-0.39, 0.29) is 6.54 Å². The Morgan fingerprint density at radius 1 is 1.28 bits per heavy atom. The Kier molecular flexibility index (Phi) is 5.01. The molecule has 3 heterocycles. The maximum absolute atomic E-state index is 12.7. The fourth-order valence-electron chi connectivity index (χ4n) is 3.60. The molecular weight excluding hydrogens is 379 g/mol. The second-order valence-electron chi connectivity index (χ2n) is 7.38. The number of halogens is 3. The van der Waals surface area contributed by atoms with E-state index in [0.717, 1.165) is 42.8 Å². The molecule has 3 aromatic heterocycles. The van der Waals surface area contributed by atoms with Crippen LogP contribution in [0.1, 0.15) is 43.4 Å². The fourth-order valence-corrected chi connectivity index (χ4v) is 3.60. The highest BCUT2D eigenvalue weighted by Gasteiger charge is 2.35. The van der Waals surface area contributed by atoms with Gasteiger partial charge < -0.3 is 9.88 Å². The van der Waals surface area contributed by atoms with Gasteiger partial charge in [0, 0.05) is 30.4 Å². The standard InChI is InChI=1S/C21H20F3N5/c1-13(21(22,23)24)27-10-14-5-6-18(28-11-14)20-17(9-25)16-7-8-26-12-19(16)29(20)15-3-2-4-15/h5-8,11-13,15,27H,2-4,10H2,1H3. The molecule has 1 atom stereocenters. The van der Waals surface area contributed by atoms with Gasteiger partial charge in [-0.3, -0.25) is 9.97 Å². The number of alkyl halides is 3. The predicted octanol–water partition coefficient (Wildman–Crippen LogP) is 4.74. The minimum atomic E-state index is -4.28. The lowest BCUT2D eigenvalue weighted by molar-refractivity contribution is -0.151. The first-order valence-electron chi connectivity index (χ1n) is 9.53. The summed E-state index contributed by atoms with van der Waals surface area (Å²) in [6.45, 7) is 1.15. The lowest BCUT2D eigenvalue weighted by atomic mass is 9.92. The Morgan fingerprint density at radius 2 is 2.07 bits per heavy atom. The van der Waals surface area contributed by atoms with Crippen molar-refractivity contribution in [2.45, 2.75) is 51.0 Å². The Labute approximate surface area is 166 Å². The van der Waals surface area contributed by atoms with Crippen molar-refractivity contribution < 1.29 is 13.2 Å². The fraction of sp³-hybridized carbons (Fsp3) is 0.381. The van der Waals surface area contributed by atoms with Gasteiger partial charge in [0.2, 0.25) is 0 Å². The first kappa shape index (κ1) is 19.4. The number of fused-ring (bicyclic) bond motifs is 1. The largest absolute Gasteiger partial charge is 0.403 e. The van der Waals surface area contributed by atoms with E-state index in [9.17, 15) is 18.4 Å². The van der Waals surface area contributed by atoms with E-state index in [1.807, 2.05) is 6.07 Å². The molecule has 29 heavy (non-hydrogen) atoms. The molecule has 1 N–H and O–H groups in total. The molecule has 8 heteroatoms.